The van der Waals surface area contributed by atoms with E-state index in [0.717, 1.165) is 12.8 Å². The molecule has 0 aromatic rings. The minimum Gasteiger partial charge on any atom is -0.327 e. The fourth-order valence-corrected chi connectivity index (χ4v) is 3.67. The van der Waals surface area contributed by atoms with Gasteiger partial charge in [0.25, 0.3) is 10.2 Å². The summed E-state index contributed by atoms with van der Waals surface area (Å²) in [6, 6.07) is -0.00199. The summed E-state index contributed by atoms with van der Waals surface area (Å²) < 4.78 is 27.4. The van der Waals surface area contributed by atoms with Gasteiger partial charge in [-0.3, -0.25) is 0 Å². The van der Waals surface area contributed by atoms with Gasteiger partial charge in [-0.25, -0.2) is 0 Å². The van der Waals surface area contributed by atoms with Crippen LogP contribution in [0.25, 0.3) is 0 Å². The number of nitrogens with two attached hydrogens (primary N) is 1. The fraction of sp³-hybridized carbons (Fsp3) is 1.00. The van der Waals surface area contributed by atoms with E-state index in [1.165, 1.54) is 21.5 Å². The summed E-state index contributed by atoms with van der Waals surface area (Å²) in [5.74, 6) is 0.582. The molecule has 2 fully saturated rings. The average Bonchev–Trinajstić information content (AvgIpc) is 3.01. The highest BCUT2D eigenvalue weighted by Crippen LogP contribution is 2.30. The lowest BCUT2D eigenvalue weighted by Crippen LogP contribution is -2.50. The first-order chi connectivity index (χ1) is 7.50. The van der Waals surface area contributed by atoms with E-state index in [1.807, 2.05) is 0 Å². The van der Waals surface area contributed by atoms with Crippen molar-refractivity contribution < 1.29 is 8.42 Å². The molecule has 2 rings (SSSR count). The highest BCUT2D eigenvalue weighted by Gasteiger charge is 2.33. The second-order valence-electron chi connectivity index (χ2n) is 4.99. The van der Waals surface area contributed by atoms with E-state index in [9.17, 15) is 8.42 Å². The molecule has 1 heterocycles. The lowest BCUT2D eigenvalue weighted by atomic mass is 10.1. The third-order valence-electron chi connectivity index (χ3n) is 3.35. The first kappa shape index (κ1) is 15.2. The molecule has 0 spiro atoms. The van der Waals surface area contributed by atoms with Crippen molar-refractivity contribution in [2.45, 2.75) is 31.7 Å². The Labute approximate surface area is 110 Å². The third-order valence-corrected chi connectivity index (χ3v) is 5.27. The molecular weight excluding hydrogens is 262 g/mol. The van der Waals surface area contributed by atoms with Gasteiger partial charge in [-0.05, 0) is 31.6 Å². The molecule has 1 saturated carbocycles. The van der Waals surface area contributed by atoms with Crippen LogP contribution in [0.4, 0.5) is 0 Å². The van der Waals surface area contributed by atoms with Crippen molar-refractivity contribution in [3.05, 3.63) is 0 Å². The molecule has 0 bridgehead atoms. The van der Waals surface area contributed by atoms with Crippen LogP contribution in [0.2, 0.25) is 0 Å². The Morgan fingerprint density at radius 1 is 1.35 bits per heavy atom. The zero-order chi connectivity index (χ0) is 11.8. The molecule has 17 heavy (non-hydrogen) atoms. The average molecular weight is 284 g/mol. The maximum atomic E-state index is 12.2. The van der Waals surface area contributed by atoms with Gasteiger partial charge in [0.15, 0.2) is 0 Å². The van der Waals surface area contributed by atoms with Gasteiger partial charge in [-0.2, -0.15) is 17.0 Å². The normalized spacial score (nSPS) is 26.9. The molecular formula is C10H22ClN3O2S. The topological polar surface area (TPSA) is 66.6 Å². The van der Waals surface area contributed by atoms with Gasteiger partial charge in [0.1, 0.15) is 0 Å². The Kier molecular flexibility index (Phi) is 5.21. The summed E-state index contributed by atoms with van der Waals surface area (Å²) in [7, 11) is -1.59. The van der Waals surface area contributed by atoms with E-state index in [2.05, 4.69) is 0 Å². The number of piperidine rings is 1. The molecule has 102 valence electrons. The van der Waals surface area contributed by atoms with Crippen molar-refractivity contribution in [1.82, 2.24) is 8.61 Å². The van der Waals surface area contributed by atoms with E-state index < -0.39 is 10.2 Å². The van der Waals surface area contributed by atoms with Gasteiger partial charge >= 0.3 is 0 Å². The van der Waals surface area contributed by atoms with Gasteiger partial charge < -0.3 is 5.73 Å². The Morgan fingerprint density at radius 2 is 2.00 bits per heavy atom. The maximum Gasteiger partial charge on any atom is 0.281 e. The molecule has 0 aromatic heterocycles. The van der Waals surface area contributed by atoms with Crippen molar-refractivity contribution in [1.29, 1.82) is 0 Å². The van der Waals surface area contributed by atoms with Crippen LogP contribution in [0, 0.1) is 5.92 Å². The minimum atomic E-state index is -3.26. The number of rotatable bonds is 4. The molecule has 1 aliphatic carbocycles. The minimum absolute atomic E-state index is 0. The highest BCUT2D eigenvalue weighted by atomic mass is 35.5. The Hall–Kier alpha value is 0.120. The van der Waals surface area contributed by atoms with Gasteiger partial charge in [-0.1, -0.05) is 0 Å². The Morgan fingerprint density at radius 3 is 2.53 bits per heavy atom. The molecule has 7 heteroatoms. The molecule has 2 N–H and O–H groups in total. The molecule has 2 aliphatic rings. The third kappa shape index (κ3) is 3.79. The predicted molar refractivity (Wildman–Crippen MR) is 70.3 cm³/mol. The predicted octanol–water partition coefficient (Wildman–Crippen LogP) is 0.418. The number of nitrogens with zero attached hydrogens (tertiary/aromatic N) is 2. The van der Waals surface area contributed by atoms with Crippen LogP contribution < -0.4 is 5.73 Å². The summed E-state index contributed by atoms with van der Waals surface area (Å²) in [6.45, 7) is 1.75. The molecule has 1 saturated heterocycles. The van der Waals surface area contributed by atoms with E-state index in [4.69, 9.17) is 5.73 Å². The van der Waals surface area contributed by atoms with E-state index in [1.54, 1.807) is 7.05 Å². The summed E-state index contributed by atoms with van der Waals surface area (Å²) in [4.78, 5) is 0. The standard InChI is InChI=1S/C10H21N3O2S.ClH/c1-12(7-9-4-5-9)16(14,15)13-6-2-3-10(11)8-13;/h9-10H,2-8,11H2,1H3;1H. The smallest absolute Gasteiger partial charge is 0.281 e. The summed E-state index contributed by atoms with van der Waals surface area (Å²) in [5.41, 5.74) is 5.81. The number of halogens is 1. The van der Waals surface area contributed by atoms with Crippen molar-refractivity contribution in [2.75, 3.05) is 26.7 Å². The zero-order valence-corrected chi connectivity index (χ0v) is 11.8. The summed E-state index contributed by atoms with van der Waals surface area (Å²) >= 11 is 0. The highest BCUT2D eigenvalue weighted by molar-refractivity contribution is 7.86. The summed E-state index contributed by atoms with van der Waals surface area (Å²) in [5, 5.41) is 0. The molecule has 0 aromatic carbocycles. The van der Waals surface area contributed by atoms with E-state index in [0.29, 0.717) is 25.6 Å². The monoisotopic (exact) mass is 283 g/mol. The Bertz CT molecular complexity index is 345. The number of hydrogen-bond donors (Lipinski definition) is 1. The first-order valence-corrected chi connectivity index (χ1v) is 7.37. The van der Waals surface area contributed by atoms with Crippen molar-refractivity contribution in [3.8, 4) is 0 Å². The lowest BCUT2D eigenvalue weighted by molar-refractivity contribution is 0.291. The van der Waals surface area contributed by atoms with Crippen LogP contribution in [0.1, 0.15) is 25.7 Å². The van der Waals surface area contributed by atoms with Crippen LogP contribution in [0.15, 0.2) is 0 Å². The first-order valence-electron chi connectivity index (χ1n) is 5.97. The molecule has 0 amide bonds. The van der Waals surface area contributed by atoms with Crippen LogP contribution in [-0.2, 0) is 10.2 Å². The Balaban J connectivity index is 0.00000144. The van der Waals surface area contributed by atoms with Crippen LogP contribution in [0.3, 0.4) is 0 Å². The maximum absolute atomic E-state index is 12.2. The zero-order valence-electron chi connectivity index (χ0n) is 10.2. The van der Waals surface area contributed by atoms with Crippen molar-refractivity contribution in [2.24, 2.45) is 11.7 Å². The quantitative estimate of drug-likeness (QED) is 0.813. The van der Waals surface area contributed by atoms with Crippen LogP contribution in [-0.4, -0.2) is 49.8 Å². The fourth-order valence-electron chi connectivity index (χ4n) is 2.14. The SMILES string of the molecule is CN(CC1CC1)S(=O)(=O)N1CCCC(N)C1.Cl. The van der Waals surface area contributed by atoms with Gasteiger partial charge in [0.2, 0.25) is 0 Å². The summed E-state index contributed by atoms with van der Waals surface area (Å²) in [6.07, 6.45) is 4.13. The van der Waals surface area contributed by atoms with Crippen LogP contribution >= 0.6 is 12.4 Å². The molecule has 1 aliphatic heterocycles. The van der Waals surface area contributed by atoms with Gasteiger partial charge in [0, 0.05) is 32.7 Å². The number of hydrogen-bond acceptors (Lipinski definition) is 3. The van der Waals surface area contributed by atoms with Crippen molar-refractivity contribution >= 4 is 22.6 Å². The van der Waals surface area contributed by atoms with Crippen molar-refractivity contribution in [3.63, 3.8) is 0 Å². The molecule has 5 nitrogen and oxygen atoms in total. The second kappa shape index (κ2) is 5.84. The lowest BCUT2D eigenvalue weighted by Gasteiger charge is -2.32. The largest absolute Gasteiger partial charge is 0.327 e. The van der Waals surface area contributed by atoms with E-state index >= 15 is 0 Å². The second-order valence-corrected chi connectivity index (χ2v) is 7.03. The van der Waals surface area contributed by atoms with E-state index in [-0.39, 0.29) is 18.4 Å². The molecule has 1 atom stereocenters. The molecule has 0 radical (unpaired) electrons. The van der Waals surface area contributed by atoms with Gasteiger partial charge in [-0.15, -0.1) is 12.4 Å². The van der Waals surface area contributed by atoms with Gasteiger partial charge in [0.05, 0.1) is 0 Å². The van der Waals surface area contributed by atoms with Crippen LogP contribution in [0.5, 0.6) is 0 Å². The molecule has 1 unspecified atom stereocenters.